The minimum absolute atomic E-state index is 0.598. The van der Waals surface area contributed by atoms with E-state index in [2.05, 4.69) is 34.6 Å². The van der Waals surface area contributed by atoms with E-state index in [0.29, 0.717) is 6.04 Å². The lowest BCUT2D eigenvalue weighted by molar-refractivity contribution is 0.525. The first-order valence-corrected chi connectivity index (χ1v) is 5.74. The molecule has 80 valence electrons. The van der Waals surface area contributed by atoms with Gasteiger partial charge in [0, 0.05) is 18.4 Å². The molecule has 1 heterocycles. The first kappa shape index (κ1) is 10.4. The van der Waals surface area contributed by atoms with Crippen molar-refractivity contribution < 1.29 is 0 Å². The third-order valence-electron chi connectivity index (χ3n) is 2.82. The smallest absolute Gasteiger partial charge is 0.0270 e. The van der Waals surface area contributed by atoms with Gasteiger partial charge in [-0.05, 0) is 49.9 Å². The average molecular weight is 202 g/mol. The van der Waals surface area contributed by atoms with E-state index in [9.17, 15) is 0 Å². The van der Waals surface area contributed by atoms with Gasteiger partial charge in [-0.15, -0.1) is 0 Å². The summed E-state index contributed by atoms with van der Waals surface area (Å²) in [7, 11) is 0. The zero-order chi connectivity index (χ0) is 10.3. The van der Waals surface area contributed by atoms with Crippen LogP contribution in [0, 0.1) is 0 Å². The molecule has 0 aromatic carbocycles. The van der Waals surface area contributed by atoms with Crippen molar-refractivity contribution in [2.45, 2.75) is 31.7 Å². The number of hydrogen-bond acceptors (Lipinski definition) is 2. The summed E-state index contributed by atoms with van der Waals surface area (Å²) in [5.74, 6) is 0. The Bertz CT molecular complexity index is 306. The van der Waals surface area contributed by atoms with Crippen LogP contribution < -0.4 is 5.32 Å². The minimum Gasteiger partial charge on any atom is -0.310 e. The van der Waals surface area contributed by atoms with Crippen LogP contribution in [0.4, 0.5) is 0 Å². The Labute approximate surface area is 91.4 Å². The largest absolute Gasteiger partial charge is 0.310 e. The summed E-state index contributed by atoms with van der Waals surface area (Å²) in [6.07, 6.45) is 13.3. The Morgan fingerprint density at radius 1 is 1.33 bits per heavy atom. The fourth-order valence-corrected chi connectivity index (χ4v) is 1.93. The molecule has 0 saturated heterocycles. The number of nitrogens with one attached hydrogen (secondary N) is 1. The van der Waals surface area contributed by atoms with Crippen molar-refractivity contribution >= 4 is 0 Å². The molecule has 0 spiro atoms. The second-order valence-corrected chi connectivity index (χ2v) is 4.03. The molecule has 1 unspecified atom stereocenters. The maximum atomic E-state index is 4.01. The van der Waals surface area contributed by atoms with Gasteiger partial charge in [-0.2, -0.15) is 0 Å². The summed E-state index contributed by atoms with van der Waals surface area (Å²) in [5.41, 5.74) is 1.36. The third kappa shape index (κ3) is 3.48. The van der Waals surface area contributed by atoms with Gasteiger partial charge < -0.3 is 5.32 Å². The first-order valence-electron chi connectivity index (χ1n) is 5.74. The number of nitrogens with zero attached hydrogens (tertiary/aromatic N) is 1. The second-order valence-electron chi connectivity index (χ2n) is 4.03. The molecule has 2 nitrogen and oxygen atoms in total. The van der Waals surface area contributed by atoms with Crippen molar-refractivity contribution in [2.75, 3.05) is 6.54 Å². The lowest BCUT2D eigenvalue weighted by atomic mass is 10.0. The molecule has 1 N–H and O–H groups in total. The van der Waals surface area contributed by atoms with E-state index >= 15 is 0 Å². The fourth-order valence-electron chi connectivity index (χ4n) is 1.93. The molecule has 1 aromatic rings. The molecular weight excluding hydrogens is 184 g/mol. The van der Waals surface area contributed by atoms with E-state index in [-0.39, 0.29) is 0 Å². The molecular formula is C13H18N2. The lowest BCUT2D eigenvalue weighted by Gasteiger charge is -2.17. The van der Waals surface area contributed by atoms with Crippen LogP contribution in [0.1, 0.15) is 24.8 Å². The van der Waals surface area contributed by atoms with Crippen molar-refractivity contribution in [3.63, 3.8) is 0 Å². The van der Waals surface area contributed by atoms with Crippen LogP contribution in [0.15, 0.2) is 36.7 Å². The summed E-state index contributed by atoms with van der Waals surface area (Å²) >= 11 is 0. The Kier molecular flexibility index (Phi) is 3.92. The molecule has 1 aliphatic carbocycles. The Morgan fingerprint density at radius 3 is 2.93 bits per heavy atom. The van der Waals surface area contributed by atoms with Crippen molar-refractivity contribution in [3.05, 3.63) is 42.2 Å². The van der Waals surface area contributed by atoms with Gasteiger partial charge in [0.2, 0.25) is 0 Å². The van der Waals surface area contributed by atoms with Crippen LogP contribution in [0.25, 0.3) is 0 Å². The molecule has 0 fully saturated rings. The van der Waals surface area contributed by atoms with E-state index in [4.69, 9.17) is 0 Å². The van der Waals surface area contributed by atoms with Crippen LogP contribution in [-0.4, -0.2) is 17.6 Å². The van der Waals surface area contributed by atoms with Crippen LogP contribution in [-0.2, 0) is 6.42 Å². The highest BCUT2D eigenvalue weighted by molar-refractivity contribution is 5.10. The Morgan fingerprint density at radius 2 is 2.20 bits per heavy atom. The maximum Gasteiger partial charge on any atom is 0.0270 e. The molecule has 15 heavy (non-hydrogen) atoms. The van der Waals surface area contributed by atoms with Gasteiger partial charge >= 0.3 is 0 Å². The standard InChI is InChI=1S/C13H18N2/c1-2-4-13(5-3-1)15-11-8-12-6-9-14-10-7-12/h2,4,6-7,9-10,13,15H,1,3,5,8,11H2. The minimum atomic E-state index is 0.598. The highest BCUT2D eigenvalue weighted by atomic mass is 14.9. The number of hydrogen-bond donors (Lipinski definition) is 1. The summed E-state index contributed by atoms with van der Waals surface area (Å²) in [5, 5.41) is 3.56. The predicted octanol–water partition coefficient (Wildman–Crippen LogP) is 2.32. The van der Waals surface area contributed by atoms with E-state index in [1.54, 1.807) is 0 Å². The molecule has 0 amide bonds. The summed E-state index contributed by atoms with van der Waals surface area (Å²) in [6, 6.07) is 4.76. The number of rotatable bonds is 4. The van der Waals surface area contributed by atoms with Crippen molar-refractivity contribution in [3.8, 4) is 0 Å². The molecule has 2 heteroatoms. The van der Waals surface area contributed by atoms with Crippen LogP contribution in [0.2, 0.25) is 0 Å². The summed E-state index contributed by atoms with van der Waals surface area (Å²) in [6.45, 7) is 1.05. The molecule has 0 bridgehead atoms. The van der Waals surface area contributed by atoms with Gasteiger partial charge in [0.25, 0.3) is 0 Å². The molecule has 0 radical (unpaired) electrons. The zero-order valence-electron chi connectivity index (χ0n) is 9.02. The number of allylic oxidation sites excluding steroid dienone is 1. The van der Waals surface area contributed by atoms with Gasteiger partial charge in [-0.1, -0.05) is 12.2 Å². The third-order valence-corrected chi connectivity index (χ3v) is 2.82. The highest BCUT2D eigenvalue weighted by Gasteiger charge is 2.06. The van der Waals surface area contributed by atoms with Crippen LogP contribution >= 0.6 is 0 Å². The van der Waals surface area contributed by atoms with Crippen molar-refractivity contribution in [1.29, 1.82) is 0 Å². The molecule has 0 aliphatic heterocycles. The van der Waals surface area contributed by atoms with Crippen LogP contribution in [0.3, 0.4) is 0 Å². The Balaban J connectivity index is 1.70. The molecule has 1 aromatic heterocycles. The normalized spacial score (nSPS) is 20.4. The average Bonchev–Trinajstić information content (AvgIpc) is 2.32. The summed E-state index contributed by atoms with van der Waals surface area (Å²) < 4.78 is 0. The molecule has 1 aliphatic rings. The number of aromatic nitrogens is 1. The predicted molar refractivity (Wildman–Crippen MR) is 62.7 cm³/mol. The quantitative estimate of drug-likeness (QED) is 0.758. The Hall–Kier alpha value is -1.15. The first-order chi connectivity index (χ1) is 7.45. The molecule has 2 rings (SSSR count). The monoisotopic (exact) mass is 202 g/mol. The molecule has 1 atom stereocenters. The second kappa shape index (κ2) is 5.66. The highest BCUT2D eigenvalue weighted by Crippen LogP contribution is 2.09. The maximum absolute atomic E-state index is 4.01. The van der Waals surface area contributed by atoms with Gasteiger partial charge in [0.15, 0.2) is 0 Å². The van der Waals surface area contributed by atoms with E-state index in [1.165, 1.54) is 24.8 Å². The molecule has 0 saturated carbocycles. The summed E-state index contributed by atoms with van der Waals surface area (Å²) in [4.78, 5) is 4.01. The topological polar surface area (TPSA) is 24.9 Å². The van der Waals surface area contributed by atoms with Crippen LogP contribution in [0.5, 0.6) is 0 Å². The van der Waals surface area contributed by atoms with E-state index in [0.717, 1.165) is 13.0 Å². The fraction of sp³-hybridized carbons (Fsp3) is 0.462. The SMILES string of the molecule is C1=CC(NCCc2ccncc2)CCC1. The zero-order valence-corrected chi connectivity index (χ0v) is 9.02. The van der Waals surface area contributed by atoms with Gasteiger partial charge in [-0.3, -0.25) is 4.98 Å². The van der Waals surface area contributed by atoms with E-state index in [1.807, 2.05) is 12.4 Å². The van der Waals surface area contributed by atoms with Gasteiger partial charge in [0.1, 0.15) is 0 Å². The van der Waals surface area contributed by atoms with Gasteiger partial charge in [0.05, 0.1) is 0 Å². The lowest BCUT2D eigenvalue weighted by Crippen LogP contribution is -2.30. The van der Waals surface area contributed by atoms with Gasteiger partial charge in [-0.25, -0.2) is 0 Å². The van der Waals surface area contributed by atoms with Crippen molar-refractivity contribution in [2.24, 2.45) is 0 Å². The van der Waals surface area contributed by atoms with E-state index < -0.39 is 0 Å². The van der Waals surface area contributed by atoms with Crippen molar-refractivity contribution in [1.82, 2.24) is 10.3 Å². The number of pyridine rings is 1.